The molecule has 0 unspecified atom stereocenters. The van der Waals surface area contributed by atoms with Crippen molar-refractivity contribution in [3.8, 4) is 101 Å². The van der Waals surface area contributed by atoms with Crippen LogP contribution >= 0.6 is 0 Å². The van der Waals surface area contributed by atoms with Gasteiger partial charge in [0.15, 0.2) is 0 Å². The smallest absolute Gasteiger partial charge is 0.0715 e. The van der Waals surface area contributed by atoms with Gasteiger partial charge in [-0.3, -0.25) is 0 Å². The van der Waals surface area contributed by atoms with Gasteiger partial charge in [-0.1, -0.05) is 188 Å². The summed E-state index contributed by atoms with van der Waals surface area (Å²) in [5, 5.41) is 0. The van der Waals surface area contributed by atoms with E-state index in [9.17, 15) is 0 Å². The van der Waals surface area contributed by atoms with Gasteiger partial charge < -0.3 is 0 Å². The van der Waals surface area contributed by atoms with Gasteiger partial charge >= 0.3 is 0 Å². The van der Waals surface area contributed by atoms with Crippen LogP contribution in [-0.4, -0.2) is 9.97 Å². The zero-order valence-corrected chi connectivity index (χ0v) is 33.0. The second-order valence-electron chi connectivity index (χ2n) is 15.0. The molecule has 0 aliphatic rings. The number of aromatic nitrogens is 2. The summed E-state index contributed by atoms with van der Waals surface area (Å²) in [6.45, 7) is 0. The highest BCUT2D eigenvalue weighted by Gasteiger charge is 2.14. The van der Waals surface area contributed by atoms with E-state index in [-0.39, 0.29) is 0 Å². The molecule has 0 spiro atoms. The van der Waals surface area contributed by atoms with Gasteiger partial charge in [-0.25, -0.2) is 9.97 Å². The quantitative estimate of drug-likeness (QED) is 0.146. The van der Waals surface area contributed by atoms with E-state index in [0.717, 1.165) is 89.5 Å². The van der Waals surface area contributed by atoms with E-state index in [1.165, 1.54) is 11.1 Å². The van der Waals surface area contributed by atoms with Crippen LogP contribution in [0.5, 0.6) is 0 Å². The Labute approximate surface area is 351 Å². The van der Waals surface area contributed by atoms with Crippen LogP contribution in [-0.2, 0) is 0 Å². The molecular formula is C58H40N2. The highest BCUT2D eigenvalue weighted by Crippen LogP contribution is 2.38. The zero-order chi connectivity index (χ0) is 40.1. The predicted molar refractivity (Wildman–Crippen MR) is 251 cm³/mol. The van der Waals surface area contributed by atoms with Crippen molar-refractivity contribution in [1.82, 2.24) is 9.97 Å². The Kier molecular flexibility index (Phi) is 10.0. The molecule has 2 nitrogen and oxygen atoms in total. The maximum Gasteiger partial charge on any atom is 0.0715 e. The number of rotatable bonds is 9. The highest BCUT2D eigenvalue weighted by molar-refractivity contribution is 5.86. The fourth-order valence-electron chi connectivity index (χ4n) is 7.94. The van der Waals surface area contributed by atoms with Crippen molar-refractivity contribution in [2.24, 2.45) is 0 Å². The Balaban J connectivity index is 1.09. The summed E-state index contributed by atoms with van der Waals surface area (Å²) in [6, 6.07) is 86.1. The summed E-state index contributed by atoms with van der Waals surface area (Å²) in [5.74, 6) is 0. The summed E-state index contributed by atoms with van der Waals surface area (Å²) in [6.07, 6.45) is 0. The minimum atomic E-state index is 0.951. The molecule has 0 radical (unpaired) electrons. The monoisotopic (exact) mass is 764 g/mol. The molecule has 0 atom stereocenters. The maximum atomic E-state index is 5.14. The van der Waals surface area contributed by atoms with Crippen LogP contribution in [0.25, 0.3) is 101 Å². The Morgan fingerprint density at radius 3 is 0.633 bits per heavy atom. The third-order valence-electron chi connectivity index (χ3n) is 11.0. The van der Waals surface area contributed by atoms with E-state index in [0.29, 0.717) is 0 Å². The van der Waals surface area contributed by atoms with Gasteiger partial charge in [0.25, 0.3) is 0 Å². The molecule has 2 aromatic heterocycles. The van der Waals surface area contributed by atoms with Gasteiger partial charge in [-0.05, 0) is 110 Å². The summed E-state index contributed by atoms with van der Waals surface area (Å²) in [7, 11) is 0. The third kappa shape index (κ3) is 7.83. The maximum absolute atomic E-state index is 5.14. The SMILES string of the molecule is c1ccc(-c2cc(-c3cccc(-c4cc(-c5ccccc5)nc(-c5ccccc5)c4)c3)cc(-c3cccc(-c4cc(-c5ccccc5)nc(-c5ccccc5)c4)c3)c2)cc1. The molecule has 60 heavy (non-hydrogen) atoms. The largest absolute Gasteiger partial charge is 0.248 e. The third-order valence-corrected chi connectivity index (χ3v) is 11.0. The van der Waals surface area contributed by atoms with Crippen LogP contribution in [0.15, 0.2) is 243 Å². The van der Waals surface area contributed by atoms with Crippen molar-refractivity contribution in [3.63, 3.8) is 0 Å². The van der Waals surface area contributed by atoms with Crippen molar-refractivity contribution >= 4 is 0 Å². The van der Waals surface area contributed by atoms with Crippen LogP contribution in [0.3, 0.4) is 0 Å². The summed E-state index contributed by atoms with van der Waals surface area (Å²) < 4.78 is 0. The van der Waals surface area contributed by atoms with Crippen molar-refractivity contribution < 1.29 is 0 Å². The summed E-state index contributed by atoms with van der Waals surface area (Å²) in [5.41, 5.74) is 19.6. The lowest BCUT2D eigenvalue weighted by Crippen LogP contribution is -1.92. The molecule has 2 heteroatoms. The van der Waals surface area contributed by atoms with Gasteiger partial charge in [0, 0.05) is 22.3 Å². The van der Waals surface area contributed by atoms with Crippen molar-refractivity contribution in [1.29, 1.82) is 0 Å². The van der Waals surface area contributed by atoms with Crippen molar-refractivity contribution in [2.75, 3.05) is 0 Å². The first kappa shape index (κ1) is 36.4. The highest BCUT2D eigenvalue weighted by atomic mass is 14.7. The van der Waals surface area contributed by atoms with Gasteiger partial charge in [0.1, 0.15) is 0 Å². The number of hydrogen-bond acceptors (Lipinski definition) is 2. The fraction of sp³-hybridized carbons (Fsp3) is 0. The molecule has 0 aliphatic heterocycles. The number of benzene rings is 8. The van der Waals surface area contributed by atoms with Crippen LogP contribution in [0.1, 0.15) is 0 Å². The fourth-order valence-corrected chi connectivity index (χ4v) is 7.94. The van der Waals surface area contributed by atoms with Gasteiger partial charge in [0.05, 0.1) is 22.8 Å². The first-order valence-corrected chi connectivity index (χ1v) is 20.4. The Morgan fingerprint density at radius 2 is 0.350 bits per heavy atom. The lowest BCUT2D eigenvalue weighted by molar-refractivity contribution is 1.32. The van der Waals surface area contributed by atoms with E-state index in [1.54, 1.807) is 0 Å². The average Bonchev–Trinajstić information content (AvgIpc) is 3.35. The molecule has 282 valence electrons. The number of nitrogens with zero attached hydrogens (tertiary/aromatic N) is 2. The molecule has 0 bridgehead atoms. The second-order valence-corrected chi connectivity index (χ2v) is 15.0. The Hall–Kier alpha value is -7.94. The molecule has 10 rings (SSSR count). The molecule has 2 heterocycles. The Bertz CT molecular complexity index is 2750. The molecule has 0 N–H and O–H groups in total. The normalized spacial score (nSPS) is 11.0. The predicted octanol–water partition coefficient (Wildman–Crippen LogP) is 15.5. The molecule has 0 saturated carbocycles. The molecular weight excluding hydrogens is 725 g/mol. The molecule has 0 saturated heterocycles. The van der Waals surface area contributed by atoms with Crippen LogP contribution in [0, 0.1) is 0 Å². The number of hydrogen-bond donors (Lipinski definition) is 0. The first-order chi connectivity index (χ1) is 29.7. The Morgan fingerprint density at radius 1 is 0.150 bits per heavy atom. The zero-order valence-electron chi connectivity index (χ0n) is 33.0. The molecule has 0 aliphatic carbocycles. The van der Waals surface area contributed by atoms with E-state index in [4.69, 9.17) is 9.97 Å². The van der Waals surface area contributed by atoms with Crippen LogP contribution < -0.4 is 0 Å². The van der Waals surface area contributed by atoms with E-state index in [1.807, 2.05) is 24.3 Å². The lowest BCUT2D eigenvalue weighted by Gasteiger charge is -2.14. The first-order valence-electron chi connectivity index (χ1n) is 20.4. The topological polar surface area (TPSA) is 25.8 Å². The standard InChI is InChI=1S/C58H40N2/c1-6-18-41(19-7-1)50-34-51(46-28-16-30-48(32-46)53-37-55(42-20-8-2-9-21-42)59-56(38-53)43-22-10-3-11-23-43)36-52(35-50)47-29-17-31-49(33-47)54-39-57(44-24-12-4-13-25-44)60-58(40-54)45-26-14-5-15-27-45/h1-40H. The molecule has 8 aromatic carbocycles. The average molecular weight is 765 g/mol. The molecule has 0 fully saturated rings. The minimum Gasteiger partial charge on any atom is -0.248 e. The van der Waals surface area contributed by atoms with E-state index in [2.05, 4.69) is 218 Å². The number of pyridine rings is 2. The van der Waals surface area contributed by atoms with Crippen molar-refractivity contribution in [2.45, 2.75) is 0 Å². The van der Waals surface area contributed by atoms with E-state index < -0.39 is 0 Å². The lowest BCUT2D eigenvalue weighted by atomic mass is 9.91. The molecule has 0 amide bonds. The second kappa shape index (κ2) is 16.5. The van der Waals surface area contributed by atoms with Crippen LogP contribution in [0.2, 0.25) is 0 Å². The molecule has 10 aromatic rings. The summed E-state index contributed by atoms with van der Waals surface area (Å²) >= 11 is 0. The summed E-state index contributed by atoms with van der Waals surface area (Å²) in [4.78, 5) is 10.3. The van der Waals surface area contributed by atoms with E-state index >= 15 is 0 Å². The van der Waals surface area contributed by atoms with Crippen molar-refractivity contribution in [3.05, 3.63) is 243 Å². The minimum absolute atomic E-state index is 0.951. The van der Waals surface area contributed by atoms with Gasteiger partial charge in [-0.15, -0.1) is 0 Å². The van der Waals surface area contributed by atoms with Crippen LogP contribution in [0.4, 0.5) is 0 Å². The van der Waals surface area contributed by atoms with Gasteiger partial charge in [-0.2, -0.15) is 0 Å². The van der Waals surface area contributed by atoms with Gasteiger partial charge in [0.2, 0.25) is 0 Å².